The molecule has 0 unspecified atom stereocenters. The third-order valence-electron chi connectivity index (χ3n) is 3.78. The molecule has 0 saturated carbocycles. The maximum atomic E-state index is 13.5. The molecule has 0 radical (unpaired) electrons. The minimum atomic E-state index is -5.20. The molecular weight excluding hydrogens is 373 g/mol. The van der Waals surface area contributed by atoms with Crippen molar-refractivity contribution < 1.29 is 42.6 Å². The number of hydrogen-bond acceptors (Lipinski definition) is 7. The van der Waals surface area contributed by atoms with Crippen LogP contribution in [0.3, 0.4) is 0 Å². The fraction of sp³-hybridized carbons (Fsp3) is 0.636. The van der Waals surface area contributed by atoms with Crippen LogP contribution in [0.2, 0.25) is 0 Å². The molecule has 0 aliphatic carbocycles. The average molecular weight is 388 g/mol. The number of phosphoric ester groups is 1. The van der Waals surface area contributed by atoms with E-state index in [1.807, 2.05) is 4.98 Å². The van der Waals surface area contributed by atoms with Gasteiger partial charge in [-0.05, 0) is 6.92 Å². The lowest BCUT2D eigenvalue weighted by Gasteiger charge is -2.32. The highest BCUT2D eigenvalue weighted by atomic mass is 31.2. The van der Waals surface area contributed by atoms with E-state index < -0.39 is 55.6 Å². The molecule has 1 saturated heterocycles. The number of nitrogens with zero attached hydrogens (tertiary/aromatic N) is 1. The summed E-state index contributed by atoms with van der Waals surface area (Å²) in [7, 11) is -5.20. The third kappa shape index (κ3) is 3.58. The zero-order valence-electron chi connectivity index (χ0n) is 12.6. The van der Waals surface area contributed by atoms with Crippen molar-refractivity contribution in [2.24, 2.45) is 0 Å². The second kappa shape index (κ2) is 6.36. The Morgan fingerprint density at radius 1 is 1.48 bits per heavy atom. The predicted molar refractivity (Wildman–Crippen MR) is 74.8 cm³/mol. The number of rotatable bonds is 5. The molecule has 0 bridgehead atoms. The molecule has 0 spiro atoms. The standard InChI is InChI=1S/C11H15F2N2O9P/c1-10(19)6(17)11(7(12)13,4-23-25(20,21)22)24-8(10)15-3-2-5(16)14-9(15)18/h2-3,6-8,17,19H,4H2,1H3,(H,14,16,18)(H2,20,21,22)/t6-,8+,10+,11+/m0/s1. The maximum Gasteiger partial charge on any atom is 0.469 e. The van der Waals surface area contributed by atoms with E-state index in [0.717, 1.165) is 19.2 Å². The summed E-state index contributed by atoms with van der Waals surface area (Å²) in [5.74, 6) is 0. The monoisotopic (exact) mass is 388 g/mol. The van der Waals surface area contributed by atoms with Gasteiger partial charge in [-0.25, -0.2) is 18.1 Å². The maximum absolute atomic E-state index is 13.5. The van der Waals surface area contributed by atoms with Crippen molar-refractivity contribution in [1.29, 1.82) is 0 Å². The fourth-order valence-electron chi connectivity index (χ4n) is 2.50. The molecule has 2 heterocycles. The fourth-order valence-corrected chi connectivity index (χ4v) is 2.87. The van der Waals surface area contributed by atoms with Crippen molar-refractivity contribution in [3.63, 3.8) is 0 Å². The van der Waals surface area contributed by atoms with Gasteiger partial charge in [0.15, 0.2) is 11.8 Å². The van der Waals surface area contributed by atoms with Crippen LogP contribution in [0.5, 0.6) is 0 Å². The number of hydrogen-bond donors (Lipinski definition) is 5. The molecule has 1 aromatic rings. The van der Waals surface area contributed by atoms with Gasteiger partial charge < -0.3 is 24.7 Å². The Bertz CT molecular complexity index is 803. The second-order valence-electron chi connectivity index (χ2n) is 5.64. The van der Waals surface area contributed by atoms with Gasteiger partial charge >= 0.3 is 13.5 Å². The summed E-state index contributed by atoms with van der Waals surface area (Å²) >= 11 is 0. The van der Waals surface area contributed by atoms with Crippen molar-refractivity contribution in [2.45, 2.75) is 36.9 Å². The molecule has 0 amide bonds. The third-order valence-corrected chi connectivity index (χ3v) is 4.24. The van der Waals surface area contributed by atoms with Crippen LogP contribution in [-0.2, 0) is 13.8 Å². The van der Waals surface area contributed by atoms with Crippen molar-refractivity contribution >= 4 is 7.82 Å². The molecule has 0 aromatic carbocycles. The average Bonchev–Trinajstić information content (AvgIpc) is 2.66. The highest BCUT2D eigenvalue weighted by molar-refractivity contribution is 7.46. The van der Waals surface area contributed by atoms with E-state index in [9.17, 15) is 33.1 Å². The molecule has 142 valence electrons. The van der Waals surface area contributed by atoms with Gasteiger partial charge in [-0.2, -0.15) is 0 Å². The Morgan fingerprint density at radius 2 is 2.08 bits per heavy atom. The van der Waals surface area contributed by atoms with Gasteiger partial charge in [0.25, 0.3) is 12.0 Å². The van der Waals surface area contributed by atoms with Gasteiger partial charge in [0.05, 0.1) is 6.61 Å². The molecule has 1 aliphatic heterocycles. The topological polar surface area (TPSA) is 171 Å². The predicted octanol–water partition coefficient (Wildman–Crippen LogP) is -1.71. The van der Waals surface area contributed by atoms with E-state index >= 15 is 0 Å². The minimum Gasteiger partial charge on any atom is -0.387 e. The van der Waals surface area contributed by atoms with Crippen LogP contribution in [-0.4, -0.2) is 59.9 Å². The number of aromatic amines is 1. The van der Waals surface area contributed by atoms with Crippen LogP contribution in [0.4, 0.5) is 8.78 Å². The van der Waals surface area contributed by atoms with Crippen LogP contribution < -0.4 is 11.2 Å². The van der Waals surface area contributed by atoms with Gasteiger partial charge in [-0.1, -0.05) is 0 Å². The highest BCUT2D eigenvalue weighted by Crippen LogP contribution is 2.49. The van der Waals surface area contributed by atoms with Crippen LogP contribution in [0.25, 0.3) is 0 Å². The van der Waals surface area contributed by atoms with Crippen LogP contribution in [0.15, 0.2) is 21.9 Å². The number of H-pyrrole nitrogens is 1. The van der Waals surface area contributed by atoms with Crippen molar-refractivity contribution in [3.8, 4) is 0 Å². The number of aliphatic hydroxyl groups is 2. The minimum absolute atomic E-state index is 0.548. The summed E-state index contributed by atoms with van der Waals surface area (Å²) in [6.07, 6.45) is -7.00. The lowest BCUT2D eigenvalue weighted by Crippen LogP contribution is -2.55. The molecule has 1 aromatic heterocycles. The normalized spacial score (nSPS) is 33.1. The van der Waals surface area contributed by atoms with E-state index in [4.69, 9.17) is 14.5 Å². The number of nitrogens with one attached hydrogen (secondary N) is 1. The van der Waals surface area contributed by atoms with Gasteiger partial charge in [0.1, 0.15) is 11.7 Å². The van der Waals surface area contributed by atoms with E-state index in [1.54, 1.807) is 0 Å². The number of alkyl halides is 2. The summed E-state index contributed by atoms with van der Waals surface area (Å²) in [4.78, 5) is 42.1. The van der Waals surface area contributed by atoms with Crippen LogP contribution >= 0.6 is 7.82 Å². The first kappa shape index (κ1) is 19.8. The lowest BCUT2D eigenvalue weighted by molar-refractivity contribution is -0.193. The summed E-state index contributed by atoms with van der Waals surface area (Å²) in [6, 6.07) is 0.849. The van der Waals surface area contributed by atoms with Gasteiger partial charge in [0, 0.05) is 12.3 Å². The SMILES string of the molecule is C[C@]1(O)[C@H](n2ccc(=O)[nH]c2=O)O[C@@](COP(=O)(O)O)(C(F)F)[C@H]1O. The second-order valence-corrected chi connectivity index (χ2v) is 6.87. The molecule has 5 N–H and O–H groups in total. The Kier molecular flexibility index (Phi) is 5.05. The number of halogens is 2. The molecule has 2 rings (SSSR count). The van der Waals surface area contributed by atoms with Gasteiger partial charge in [-0.15, -0.1) is 0 Å². The Balaban J connectivity index is 2.50. The molecule has 11 nitrogen and oxygen atoms in total. The van der Waals surface area contributed by atoms with E-state index in [-0.39, 0.29) is 0 Å². The van der Waals surface area contributed by atoms with Gasteiger partial charge in [0.2, 0.25) is 0 Å². The Hall–Kier alpha value is -1.47. The van der Waals surface area contributed by atoms with Crippen LogP contribution in [0, 0.1) is 0 Å². The first-order valence-electron chi connectivity index (χ1n) is 6.69. The highest BCUT2D eigenvalue weighted by Gasteiger charge is 2.66. The number of phosphoric acid groups is 1. The lowest BCUT2D eigenvalue weighted by atomic mass is 9.88. The molecule has 1 aliphatic rings. The van der Waals surface area contributed by atoms with E-state index in [0.29, 0.717) is 4.57 Å². The number of aromatic nitrogens is 2. The van der Waals surface area contributed by atoms with Crippen molar-refractivity contribution in [1.82, 2.24) is 9.55 Å². The zero-order valence-corrected chi connectivity index (χ0v) is 13.5. The smallest absolute Gasteiger partial charge is 0.387 e. The summed E-state index contributed by atoms with van der Waals surface area (Å²) in [6.45, 7) is -0.595. The molecule has 1 fully saturated rings. The Morgan fingerprint density at radius 3 is 2.56 bits per heavy atom. The first-order valence-corrected chi connectivity index (χ1v) is 8.22. The first-order chi connectivity index (χ1) is 11.3. The van der Waals surface area contributed by atoms with Gasteiger partial charge in [-0.3, -0.25) is 18.9 Å². The quantitative estimate of drug-likeness (QED) is 0.368. The number of ether oxygens (including phenoxy) is 1. The number of aliphatic hydroxyl groups excluding tert-OH is 1. The van der Waals surface area contributed by atoms with E-state index in [1.165, 1.54) is 0 Å². The summed E-state index contributed by atoms with van der Waals surface area (Å²) in [5, 5.41) is 20.5. The zero-order chi connectivity index (χ0) is 19.2. The van der Waals surface area contributed by atoms with Crippen molar-refractivity contribution in [3.05, 3.63) is 33.1 Å². The van der Waals surface area contributed by atoms with Crippen LogP contribution in [0.1, 0.15) is 13.2 Å². The largest absolute Gasteiger partial charge is 0.469 e. The Labute approximate surface area is 137 Å². The summed E-state index contributed by atoms with van der Waals surface area (Å²) < 4.78 is 47.4. The molecule has 4 atom stereocenters. The summed E-state index contributed by atoms with van der Waals surface area (Å²) in [5.41, 5.74) is -7.45. The molecular formula is C11H15F2N2O9P. The molecule has 25 heavy (non-hydrogen) atoms. The molecule has 14 heteroatoms. The van der Waals surface area contributed by atoms with E-state index in [2.05, 4.69) is 4.52 Å². The van der Waals surface area contributed by atoms with Crippen molar-refractivity contribution in [2.75, 3.05) is 6.61 Å².